The van der Waals surface area contributed by atoms with E-state index >= 15 is 0 Å². The largest absolute Gasteiger partial charge is 0.275 e. The number of carbonyl (C=O) groups is 1. The minimum Gasteiger partial charge on any atom is -0.275 e. The first-order valence-corrected chi connectivity index (χ1v) is 8.56. The molecular formula is C14H28OS2. The molecule has 0 aliphatic heterocycles. The lowest BCUT2D eigenvalue weighted by molar-refractivity contribution is 0.277. The first-order chi connectivity index (χ1) is 8.27. The van der Waals surface area contributed by atoms with Gasteiger partial charge in [-0.2, -0.15) is 0 Å². The molecule has 0 amide bonds. The molecule has 0 N–H and O–H groups in total. The molecular weight excluding hydrogens is 248 g/mol. The molecule has 0 bridgehead atoms. The molecule has 0 spiro atoms. The highest BCUT2D eigenvalue weighted by atomic mass is 32.2. The van der Waals surface area contributed by atoms with Crippen LogP contribution in [0.3, 0.4) is 0 Å². The van der Waals surface area contributed by atoms with Gasteiger partial charge in [0.25, 0.3) is 0 Å². The molecule has 0 heterocycles. The van der Waals surface area contributed by atoms with Gasteiger partial charge in [-0.1, -0.05) is 95.5 Å². The standard InChI is InChI=1S/C14H28OS2/c1-2-3-4-5-6-7-8-9-10-11-12-13-17-14(15)16/h2-13H2,1H3,(H,15,16). The number of hydrogen-bond acceptors (Lipinski definition) is 2. The molecule has 0 aliphatic carbocycles. The Bertz CT molecular complexity index is 172. The average molecular weight is 277 g/mol. The Labute approximate surface area is 117 Å². The Hall–Kier alpha value is 0.370. The highest BCUT2D eigenvalue weighted by Crippen LogP contribution is 2.14. The Morgan fingerprint density at radius 3 is 1.65 bits per heavy atom. The number of carbonyl (C=O) groups excluding carboxylic acids is 1. The lowest BCUT2D eigenvalue weighted by atomic mass is 10.1. The minimum absolute atomic E-state index is 0.0444. The van der Waals surface area contributed by atoms with Crippen molar-refractivity contribution in [1.29, 1.82) is 0 Å². The van der Waals surface area contributed by atoms with E-state index in [-0.39, 0.29) is 4.45 Å². The topological polar surface area (TPSA) is 17.1 Å². The van der Waals surface area contributed by atoms with Crippen molar-refractivity contribution in [2.75, 3.05) is 5.75 Å². The molecule has 0 radical (unpaired) electrons. The second-order valence-electron chi connectivity index (χ2n) is 4.65. The Balaban J connectivity index is 2.91. The molecule has 0 aliphatic rings. The van der Waals surface area contributed by atoms with Gasteiger partial charge in [0.15, 0.2) is 0 Å². The first kappa shape index (κ1) is 17.4. The van der Waals surface area contributed by atoms with Gasteiger partial charge in [-0.3, -0.25) is 4.79 Å². The van der Waals surface area contributed by atoms with Crippen molar-refractivity contribution in [3.05, 3.63) is 0 Å². The number of rotatable bonds is 12. The summed E-state index contributed by atoms with van der Waals surface area (Å²) in [6, 6.07) is 0. The van der Waals surface area contributed by atoms with Crippen LogP contribution < -0.4 is 0 Å². The maximum Gasteiger partial charge on any atom is 0.243 e. The fourth-order valence-corrected chi connectivity index (χ4v) is 2.72. The van der Waals surface area contributed by atoms with Gasteiger partial charge < -0.3 is 0 Å². The van der Waals surface area contributed by atoms with Crippen LogP contribution >= 0.6 is 24.4 Å². The summed E-state index contributed by atoms with van der Waals surface area (Å²) in [6.07, 6.45) is 14.9. The van der Waals surface area contributed by atoms with Gasteiger partial charge >= 0.3 is 0 Å². The Morgan fingerprint density at radius 1 is 0.824 bits per heavy atom. The molecule has 0 rings (SSSR count). The summed E-state index contributed by atoms with van der Waals surface area (Å²) >= 11 is 5.06. The molecule has 0 aromatic heterocycles. The van der Waals surface area contributed by atoms with Crippen LogP contribution in [0.5, 0.6) is 0 Å². The maximum absolute atomic E-state index is 10.6. The predicted molar refractivity (Wildman–Crippen MR) is 83.3 cm³/mol. The lowest BCUT2D eigenvalue weighted by Gasteiger charge is -2.02. The van der Waals surface area contributed by atoms with Crippen molar-refractivity contribution in [1.82, 2.24) is 0 Å². The number of hydrogen-bond donors (Lipinski definition) is 1. The van der Waals surface area contributed by atoms with Gasteiger partial charge in [0.05, 0.1) is 0 Å². The molecule has 0 atom stereocenters. The second-order valence-corrected chi connectivity index (χ2v) is 6.43. The fraction of sp³-hybridized carbons (Fsp3) is 0.929. The third-order valence-corrected chi connectivity index (χ3v) is 4.10. The fourth-order valence-electron chi connectivity index (χ4n) is 1.93. The SMILES string of the molecule is CCCCCCCCCCCCCSC(=O)S. The third-order valence-electron chi connectivity index (χ3n) is 2.97. The van der Waals surface area contributed by atoms with Crippen LogP contribution in [0, 0.1) is 0 Å². The van der Waals surface area contributed by atoms with Gasteiger partial charge in [0.2, 0.25) is 4.45 Å². The minimum atomic E-state index is -0.0444. The van der Waals surface area contributed by atoms with E-state index in [1.54, 1.807) is 0 Å². The van der Waals surface area contributed by atoms with Crippen molar-refractivity contribution in [3.8, 4) is 0 Å². The van der Waals surface area contributed by atoms with Crippen molar-refractivity contribution < 1.29 is 4.79 Å². The average Bonchev–Trinajstić information content (AvgIpc) is 2.30. The summed E-state index contributed by atoms with van der Waals surface area (Å²) < 4.78 is -0.0444. The number of thiol groups is 1. The van der Waals surface area contributed by atoms with E-state index in [0.29, 0.717) is 0 Å². The highest BCUT2D eigenvalue weighted by molar-refractivity contribution is 8.32. The maximum atomic E-state index is 10.6. The molecule has 0 fully saturated rings. The van der Waals surface area contributed by atoms with E-state index < -0.39 is 0 Å². The third kappa shape index (κ3) is 16.4. The van der Waals surface area contributed by atoms with E-state index in [0.717, 1.165) is 12.2 Å². The first-order valence-electron chi connectivity index (χ1n) is 7.13. The van der Waals surface area contributed by atoms with Crippen molar-refractivity contribution in [2.45, 2.75) is 77.6 Å². The summed E-state index contributed by atoms with van der Waals surface area (Å²) in [7, 11) is 0. The summed E-state index contributed by atoms with van der Waals surface area (Å²) in [6.45, 7) is 2.26. The molecule has 0 unspecified atom stereocenters. The van der Waals surface area contributed by atoms with Crippen LogP contribution in [0.25, 0.3) is 0 Å². The molecule has 1 nitrogen and oxygen atoms in total. The van der Waals surface area contributed by atoms with Crippen LogP contribution in [-0.4, -0.2) is 10.2 Å². The van der Waals surface area contributed by atoms with E-state index in [1.165, 1.54) is 76.0 Å². The summed E-state index contributed by atoms with van der Waals surface area (Å²) in [5, 5.41) is 0. The Kier molecular flexibility index (Phi) is 14.7. The van der Waals surface area contributed by atoms with Gasteiger partial charge in [-0.15, -0.1) is 0 Å². The summed E-state index contributed by atoms with van der Waals surface area (Å²) in [4.78, 5) is 10.6. The quantitative estimate of drug-likeness (QED) is 0.343. The van der Waals surface area contributed by atoms with Crippen LogP contribution in [0.15, 0.2) is 0 Å². The van der Waals surface area contributed by atoms with Gasteiger partial charge in [0, 0.05) is 5.75 Å². The Morgan fingerprint density at radius 2 is 1.24 bits per heavy atom. The van der Waals surface area contributed by atoms with E-state index in [9.17, 15) is 4.79 Å². The summed E-state index contributed by atoms with van der Waals surface area (Å²) in [5.41, 5.74) is 0. The van der Waals surface area contributed by atoms with Gasteiger partial charge in [-0.25, -0.2) is 0 Å². The zero-order valence-electron chi connectivity index (χ0n) is 11.2. The molecule has 17 heavy (non-hydrogen) atoms. The van der Waals surface area contributed by atoms with E-state index in [4.69, 9.17) is 0 Å². The summed E-state index contributed by atoms with van der Waals surface area (Å²) in [5.74, 6) is 0.944. The van der Waals surface area contributed by atoms with Crippen LogP contribution in [0.4, 0.5) is 4.79 Å². The smallest absolute Gasteiger partial charge is 0.243 e. The van der Waals surface area contributed by atoms with Crippen molar-refractivity contribution in [3.63, 3.8) is 0 Å². The zero-order valence-corrected chi connectivity index (χ0v) is 13.0. The molecule has 0 saturated heterocycles. The number of unbranched alkanes of at least 4 members (excludes halogenated alkanes) is 10. The van der Waals surface area contributed by atoms with Crippen LogP contribution in [0.2, 0.25) is 0 Å². The predicted octanol–water partition coefficient (Wildman–Crippen LogP) is 6.08. The second kappa shape index (κ2) is 14.4. The van der Waals surface area contributed by atoms with Crippen LogP contribution in [0.1, 0.15) is 77.6 Å². The molecule has 0 aromatic rings. The van der Waals surface area contributed by atoms with Crippen molar-refractivity contribution >= 4 is 28.8 Å². The lowest BCUT2D eigenvalue weighted by Crippen LogP contribution is -1.85. The normalized spacial score (nSPS) is 10.7. The zero-order chi connectivity index (χ0) is 12.8. The van der Waals surface area contributed by atoms with Crippen molar-refractivity contribution in [2.24, 2.45) is 0 Å². The molecule has 0 aromatic carbocycles. The molecule has 3 heteroatoms. The van der Waals surface area contributed by atoms with Gasteiger partial charge in [-0.05, 0) is 6.42 Å². The van der Waals surface area contributed by atoms with Gasteiger partial charge in [0.1, 0.15) is 0 Å². The van der Waals surface area contributed by atoms with E-state index in [2.05, 4.69) is 19.6 Å². The highest BCUT2D eigenvalue weighted by Gasteiger charge is 1.95. The monoisotopic (exact) mass is 276 g/mol. The number of thioether (sulfide) groups is 1. The van der Waals surface area contributed by atoms with E-state index in [1.807, 2.05) is 0 Å². The molecule has 102 valence electrons. The van der Waals surface area contributed by atoms with Crippen LogP contribution in [-0.2, 0) is 0 Å². The molecule has 0 saturated carbocycles.